The Hall–Kier alpha value is -1.20. The molecule has 0 saturated carbocycles. The van der Waals surface area contributed by atoms with Crippen LogP contribution in [0.1, 0.15) is 24.2 Å². The van der Waals surface area contributed by atoms with Crippen LogP contribution in [0.25, 0.3) is 0 Å². The molecule has 1 aromatic rings. The van der Waals surface area contributed by atoms with Crippen molar-refractivity contribution < 1.29 is 9.90 Å². The van der Waals surface area contributed by atoms with E-state index >= 15 is 0 Å². The highest BCUT2D eigenvalue weighted by Gasteiger charge is 2.16. The van der Waals surface area contributed by atoms with Crippen LogP contribution in [-0.2, 0) is 24.3 Å². The van der Waals surface area contributed by atoms with Crippen molar-refractivity contribution >= 4 is 5.78 Å². The Bertz CT molecular complexity index is 400. The van der Waals surface area contributed by atoms with Crippen LogP contribution in [0.3, 0.4) is 0 Å². The van der Waals surface area contributed by atoms with E-state index in [0.717, 1.165) is 25.3 Å². The van der Waals surface area contributed by atoms with Crippen molar-refractivity contribution in [1.82, 2.24) is 14.7 Å². The first-order valence-corrected chi connectivity index (χ1v) is 6.06. The molecule has 0 atom stereocenters. The van der Waals surface area contributed by atoms with E-state index < -0.39 is 0 Å². The first-order chi connectivity index (χ1) is 8.19. The lowest BCUT2D eigenvalue weighted by atomic mass is 10.1. The number of aliphatic hydroxyl groups is 1. The van der Waals surface area contributed by atoms with Crippen molar-refractivity contribution in [2.75, 3.05) is 20.2 Å². The highest BCUT2D eigenvalue weighted by atomic mass is 16.3. The third kappa shape index (κ3) is 3.14. The summed E-state index contributed by atoms with van der Waals surface area (Å²) < 4.78 is 1.99. The molecule has 0 amide bonds. The van der Waals surface area contributed by atoms with Gasteiger partial charge in [-0.05, 0) is 19.5 Å². The summed E-state index contributed by atoms with van der Waals surface area (Å²) in [5, 5.41) is 13.1. The second-order valence-electron chi connectivity index (χ2n) is 4.63. The van der Waals surface area contributed by atoms with Crippen molar-refractivity contribution in [3.05, 3.63) is 17.5 Å². The fourth-order valence-electron chi connectivity index (χ4n) is 2.11. The molecule has 0 saturated heterocycles. The van der Waals surface area contributed by atoms with Crippen LogP contribution < -0.4 is 0 Å². The Morgan fingerprint density at radius 1 is 1.53 bits per heavy atom. The molecular weight excluding hydrogens is 218 g/mol. The van der Waals surface area contributed by atoms with Crippen LogP contribution in [-0.4, -0.2) is 45.8 Å². The minimum absolute atomic E-state index is 0.0796. The van der Waals surface area contributed by atoms with Crippen LogP contribution in [0, 0.1) is 0 Å². The number of Topliss-reactive ketones (excluding diaryl/α,β-unsaturated/α-hetero) is 1. The summed E-state index contributed by atoms with van der Waals surface area (Å²) in [7, 11) is 2.09. The van der Waals surface area contributed by atoms with Gasteiger partial charge < -0.3 is 5.11 Å². The average molecular weight is 237 g/mol. The number of aromatic nitrogens is 2. The van der Waals surface area contributed by atoms with Gasteiger partial charge in [-0.15, -0.1) is 0 Å². The predicted molar refractivity (Wildman–Crippen MR) is 63.6 cm³/mol. The number of rotatable bonds is 5. The van der Waals surface area contributed by atoms with E-state index in [0.29, 0.717) is 19.3 Å². The average Bonchev–Trinajstić information content (AvgIpc) is 2.67. The molecule has 0 spiro atoms. The zero-order valence-corrected chi connectivity index (χ0v) is 10.2. The van der Waals surface area contributed by atoms with E-state index in [2.05, 4.69) is 17.0 Å². The summed E-state index contributed by atoms with van der Waals surface area (Å²) >= 11 is 0. The third-order valence-corrected chi connectivity index (χ3v) is 3.03. The SMILES string of the molecule is CN1CCn2nc(CC(=O)CCCO)cc2C1. The number of carbonyl (C=O) groups excluding carboxylic acids is 1. The molecule has 1 aliphatic heterocycles. The van der Waals surface area contributed by atoms with Crippen molar-refractivity contribution in [3.63, 3.8) is 0 Å². The molecule has 5 nitrogen and oxygen atoms in total. The molecule has 5 heteroatoms. The van der Waals surface area contributed by atoms with Crippen molar-refractivity contribution in [2.24, 2.45) is 0 Å². The zero-order valence-electron chi connectivity index (χ0n) is 10.2. The highest BCUT2D eigenvalue weighted by Crippen LogP contribution is 2.13. The zero-order chi connectivity index (χ0) is 12.3. The van der Waals surface area contributed by atoms with Crippen LogP contribution in [0.15, 0.2) is 6.07 Å². The van der Waals surface area contributed by atoms with Crippen LogP contribution in [0.5, 0.6) is 0 Å². The molecule has 94 valence electrons. The van der Waals surface area contributed by atoms with Gasteiger partial charge in [-0.2, -0.15) is 5.10 Å². The molecule has 0 aromatic carbocycles. The fourth-order valence-corrected chi connectivity index (χ4v) is 2.11. The van der Waals surface area contributed by atoms with Crippen LogP contribution >= 0.6 is 0 Å². The Morgan fingerprint density at radius 2 is 2.35 bits per heavy atom. The van der Waals surface area contributed by atoms with E-state index in [1.54, 1.807) is 0 Å². The lowest BCUT2D eigenvalue weighted by Crippen LogP contribution is -2.30. The summed E-state index contributed by atoms with van der Waals surface area (Å²) in [6.45, 7) is 2.89. The Balaban J connectivity index is 1.96. The van der Waals surface area contributed by atoms with Gasteiger partial charge in [0.25, 0.3) is 0 Å². The lowest BCUT2D eigenvalue weighted by molar-refractivity contribution is -0.118. The molecule has 0 aliphatic carbocycles. The Kier molecular flexibility index (Phi) is 3.91. The summed E-state index contributed by atoms with van der Waals surface area (Å²) in [5.41, 5.74) is 2.04. The van der Waals surface area contributed by atoms with Gasteiger partial charge >= 0.3 is 0 Å². The lowest BCUT2D eigenvalue weighted by Gasteiger charge is -2.22. The van der Waals surface area contributed by atoms with E-state index in [4.69, 9.17) is 5.11 Å². The highest BCUT2D eigenvalue weighted by molar-refractivity contribution is 5.80. The number of fused-ring (bicyclic) bond motifs is 1. The quantitative estimate of drug-likeness (QED) is 0.795. The number of ketones is 1. The molecule has 17 heavy (non-hydrogen) atoms. The van der Waals surface area contributed by atoms with Crippen molar-refractivity contribution in [3.8, 4) is 0 Å². The first kappa shape index (κ1) is 12.3. The topological polar surface area (TPSA) is 58.4 Å². The molecule has 0 unspecified atom stereocenters. The number of aliphatic hydroxyl groups excluding tert-OH is 1. The maximum atomic E-state index is 11.6. The maximum absolute atomic E-state index is 11.6. The van der Waals surface area contributed by atoms with Gasteiger partial charge in [0.05, 0.1) is 24.4 Å². The predicted octanol–water partition coefficient (Wildman–Crippen LogP) is 0.213. The number of carbonyl (C=O) groups is 1. The smallest absolute Gasteiger partial charge is 0.139 e. The standard InChI is InChI=1S/C12H19N3O2/c1-14-4-5-15-11(9-14)7-10(13-15)8-12(17)3-2-6-16/h7,16H,2-6,8-9H2,1H3. The van der Waals surface area contributed by atoms with E-state index in [-0.39, 0.29) is 12.4 Å². The summed E-state index contributed by atoms with van der Waals surface area (Å²) in [4.78, 5) is 13.8. The maximum Gasteiger partial charge on any atom is 0.139 e. The van der Waals surface area contributed by atoms with Crippen molar-refractivity contribution in [2.45, 2.75) is 32.4 Å². The number of likely N-dealkylation sites (N-methyl/N-ethyl adjacent to an activating group) is 1. The van der Waals surface area contributed by atoms with Gasteiger partial charge in [-0.3, -0.25) is 14.4 Å². The minimum atomic E-state index is 0.0796. The number of nitrogens with zero attached hydrogens (tertiary/aromatic N) is 3. The second-order valence-corrected chi connectivity index (χ2v) is 4.63. The molecule has 2 rings (SSSR count). The van der Waals surface area contributed by atoms with E-state index in [1.165, 1.54) is 5.69 Å². The molecule has 0 radical (unpaired) electrons. The summed E-state index contributed by atoms with van der Waals surface area (Å²) in [6.07, 6.45) is 1.39. The molecule has 2 heterocycles. The molecule has 1 aromatic heterocycles. The summed E-state index contributed by atoms with van der Waals surface area (Å²) in [5.74, 6) is 0.155. The van der Waals surface area contributed by atoms with Gasteiger partial charge in [0.1, 0.15) is 5.78 Å². The van der Waals surface area contributed by atoms with Gasteiger partial charge in [0.2, 0.25) is 0 Å². The first-order valence-electron chi connectivity index (χ1n) is 6.06. The third-order valence-electron chi connectivity index (χ3n) is 3.03. The number of hydrogen-bond acceptors (Lipinski definition) is 4. The van der Waals surface area contributed by atoms with Gasteiger partial charge in [0.15, 0.2) is 0 Å². The normalized spacial score (nSPS) is 15.9. The Labute approximate surface area is 101 Å². The largest absolute Gasteiger partial charge is 0.396 e. The Morgan fingerprint density at radius 3 is 3.12 bits per heavy atom. The minimum Gasteiger partial charge on any atom is -0.396 e. The summed E-state index contributed by atoms with van der Waals surface area (Å²) in [6, 6.07) is 2.02. The molecule has 1 N–H and O–H groups in total. The molecule has 0 fully saturated rings. The molecular formula is C12H19N3O2. The van der Waals surface area contributed by atoms with E-state index in [9.17, 15) is 4.79 Å². The van der Waals surface area contributed by atoms with Gasteiger partial charge in [-0.25, -0.2) is 0 Å². The fraction of sp³-hybridized carbons (Fsp3) is 0.667. The van der Waals surface area contributed by atoms with Crippen molar-refractivity contribution in [1.29, 1.82) is 0 Å². The van der Waals surface area contributed by atoms with Gasteiger partial charge in [0, 0.05) is 26.1 Å². The second kappa shape index (κ2) is 5.42. The van der Waals surface area contributed by atoms with E-state index in [1.807, 2.05) is 10.7 Å². The molecule has 0 bridgehead atoms. The molecule has 1 aliphatic rings. The van der Waals surface area contributed by atoms with Gasteiger partial charge in [-0.1, -0.05) is 0 Å². The van der Waals surface area contributed by atoms with Crippen LogP contribution in [0.4, 0.5) is 0 Å². The monoisotopic (exact) mass is 237 g/mol. The van der Waals surface area contributed by atoms with Crippen LogP contribution in [0.2, 0.25) is 0 Å². The number of hydrogen-bond donors (Lipinski definition) is 1.